The van der Waals surface area contributed by atoms with E-state index in [0.717, 1.165) is 17.7 Å². The Kier molecular flexibility index (Phi) is 6.70. The number of aliphatic hydroxyl groups excluding tert-OH is 1. The van der Waals surface area contributed by atoms with Crippen LogP contribution in [0.3, 0.4) is 0 Å². The van der Waals surface area contributed by atoms with Gasteiger partial charge in [-0.05, 0) is 42.7 Å². The number of ether oxygens (including phenoxy) is 2. The number of alkyl halides is 3. The van der Waals surface area contributed by atoms with Gasteiger partial charge in [0, 0.05) is 24.2 Å². The van der Waals surface area contributed by atoms with Gasteiger partial charge in [0.15, 0.2) is 11.5 Å². The van der Waals surface area contributed by atoms with Crippen molar-refractivity contribution in [2.24, 2.45) is 0 Å². The Morgan fingerprint density at radius 2 is 1.79 bits per heavy atom. The van der Waals surface area contributed by atoms with E-state index in [4.69, 9.17) is 16.3 Å². The average Bonchev–Trinajstić information content (AvgIpc) is 3.13. The Labute approximate surface area is 219 Å². The van der Waals surface area contributed by atoms with E-state index < -0.39 is 24.1 Å². The molecule has 0 atom stereocenters. The predicted octanol–water partition coefficient (Wildman–Crippen LogP) is 4.22. The van der Waals surface area contributed by atoms with Crippen LogP contribution in [0.1, 0.15) is 28.9 Å². The summed E-state index contributed by atoms with van der Waals surface area (Å²) in [6.45, 7) is -0.0977. The van der Waals surface area contributed by atoms with Crippen molar-refractivity contribution in [1.29, 1.82) is 0 Å². The average molecular weight is 551 g/mol. The largest absolute Gasteiger partial charge is 0.573 e. The van der Waals surface area contributed by atoms with Crippen LogP contribution in [0.25, 0.3) is 0 Å². The summed E-state index contributed by atoms with van der Waals surface area (Å²) in [5.74, 6) is -1.33. The fourth-order valence-corrected chi connectivity index (χ4v) is 4.51. The van der Waals surface area contributed by atoms with Crippen LogP contribution in [0.5, 0.6) is 17.5 Å². The second-order valence-electron chi connectivity index (χ2n) is 9.07. The molecule has 200 valence electrons. The first-order valence-corrected chi connectivity index (χ1v) is 12.0. The number of carbonyl (C=O) groups is 2. The number of halogens is 4. The second kappa shape index (κ2) is 9.84. The minimum atomic E-state index is -4.89. The third kappa shape index (κ3) is 5.27. The van der Waals surface area contributed by atoms with Crippen LogP contribution in [0.2, 0.25) is 5.02 Å². The van der Waals surface area contributed by atoms with Gasteiger partial charge in [-0.1, -0.05) is 29.8 Å². The highest BCUT2D eigenvalue weighted by Crippen LogP contribution is 2.36. The van der Waals surface area contributed by atoms with Crippen LogP contribution >= 0.6 is 11.6 Å². The van der Waals surface area contributed by atoms with Gasteiger partial charge in [-0.3, -0.25) is 19.1 Å². The summed E-state index contributed by atoms with van der Waals surface area (Å²) in [6, 6.07) is 11.3. The molecule has 1 saturated carbocycles. The summed E-state index contributed by atoms with van der Waals surface area (Å²) in [4.78, 5) is 33.8. The van der Waals surface area contributed by atoms with E-state index in [-0.39, 0.29) is 48.3 Å². The summed E-state index contributed by atoms with van der Waals surface area (Å²) >= 11 is 6.01. The molecule has 9 nitrogen and oxygen atoms in total. The van der Waals surface area contributed by atoms with Crippen molar-refractivity contribution in [2.75, 3.05) is 18.5 Å². The molecule has 5 rings (SSSR count). The molecule has 38 heavy (non-hydrogen) atoms. The van der Waals surface area contributed by atoms with E-state index >= 15 is 0 Å². The van der Waals surface area contributed by atoms with Gasteiger partial charge >= 0.3 is 12.4 Å². The van der Waals surface area contributed by atoms with E-state index in [2.05, 4.69) is 9.72 Å². The van der Waals surface area contributed by atoms with Gasteiger partial charge in [0.05, 0.1) is 12.6 Å². The SMILES string of the molecule is CN1C(=O)CN(C2CC(O)C2)C(=O)c2c1nc(Oc1cccc(OC(F)(F)F)c1)n2Cc1ccc(Cl)cc1. The Bertz CT molecular complexity index is 1370. The van der Waals surface area contributed by atoms with Gasteiger partial charge in [-0.15, -0.1) is 13.2 Å². The number of benzene rings is 2. The van der Waals surface area contributed by atoms with E-state index in [0.29, 0.717) is 17.9 Å². The standard InChI is InChI=1S/C25H22ClF3N4O5/c1-31-20(35)13-32(16-9-17(34)10-16)23(36)21-22(31)30-24(33(21)12-14-5-7-15(26)8-6-14)37-18-3-2-4-19(11-18)38-25(27,28)29/h2-8,11,16-17,34H,9-10,12-13H2,1H3. The Morgan fingerprint density at radius 1 is 1.11 bits per heavy atom. The number of hydrogen-bond acceptors (Lipinski definition) is 6. The molecule has 2 heterocycles. The monoisotopic (exact) mass is 550 g/mol. The van der Waals surface area contributed by atoms with Crippen molar-refractivity contribution in [2.45, 2.75) is 37.9 Å². The predicted molar refractivity (Wildman–Crippen MR) is 129 cm³/mol. The van der Waals surface area contributed by atoms with Crippen molar-refractivity contribution >= 4 is 29.2 Å². The lowest BCUT2D eigenvalue weighted by Gasteiger charge is -2.39. The Morgan fingerprint density at radius 3 is 2.45 bits per heavy atom. The van der Waals surface area contributed by atoms with Crippen molar-refractivity contribution in [3.05, 3.63) is 64.8 Å². The number of rotatable bonds is 6. The van der Waals surface area contributed by atoms with Crippen LogP contribution in [-0.2, 0) is 11.3 Å². The lowest BCUT2D eigenvalue weighted by molar-refractivity contribution is -0.274. The highest BCUT2D eigenvalue weighted by atomic mass is 35.5. The second-order valence-corrected chi connectivity index (χ2v) is 9.51. The summed E-state index contributed by atoms with van der Waals surface area (Å²) in [5.41, 5.74) is 0.803. The molecule has 1 fully saturated rings. The van der Waals surface area contributed by atoms with Crippen LogP contribution in [0.4, 0.5) is 19.0 Å². The van der Waals surface area contributed by atoms with Crippen LogP contribution in [0.15, 0.2) is 48.5 Å². The van der Waals surface area contributed by atoms with E-state index in [9.17, 15) is 27.9 Å². The van der Waals surface area contributed by atoms with E-state index in [1.807, 2.05) is 0 Å². The third-order valence-corrected chi connectivity index (χ3v) is 6.66. The van der Waals surface area contributed by atoms with Gasteiger partial charge in [-0.2, -0.15) is 4.98 Å². The van der Waals surface area contributed by atoms with Crippen molar-refractivity contribution in [3.8, 4) is 17.5 Å². The van der Waals surface area contributed by atoms with Crippen LogP contribution in [0, 0.1) is 0 Å². The number of nitrogens with zero attached hydrogens (tertiary/aromatic N) is 4. The molecule has 0 saturated heterocycles. The zero-order valence-corrected chi connectivity index (χ0v) is 20.7. The normalized spacial score (nSPS) is 19.6. The highest BCUT2D eigenvalue weighted by molar-refractivity contribution is 6.30. The Hall–Kier alpha value is -3.77. The molecule has 1 aromatic heterocycles. The zero-order valence-electron chi connectivity index (χ0n) is 20.0. The number of imidazole rings is 1. The van der Waals surface area contributed by atoms with E-state index in [1.54, 1.807) is 24.3 Å². The maximum absolute atomic E-state index is 13.8. The third-order valence-electron chi connectivity index (χ3n) is 6.41. The molecule has 2 amide bonds. The van der Waals surface area contributed by atoms with Crippen LogP contribution < -0.4 is 14.4 Å². The van der Waals surface area contributed by atoms with Crippen molar-refractivity contribution in [3.63, 3.8) is 0 Å². The number of amides is 2. The number of carbonyl (C=O) groups excluding carboxylic acids is 2. The minimum Gasteiger partial charge on any atom is -0.425 e. The fraction of sp³-hybridized carbons (Fsp3) is 0.320. The molecule has 1 aliphatic heterocycles. The van der Waals surface area contributed by atoms with Crippen molar-refractivity contribution < 1.29 is 37.3 Å². The first kappa shape index (κ1) is 25.9. The number of likely N-dealkylation sites (N-methyl/N-ethyl adjacent to an activating group) is 1. The summed E-state index contributed by atoms with van der Waals surface area (Å²) in [5, 5.41) is 10.3. The van der Waals surface area contributed by atoms with E-state index in [1.165, 1.54) is 33.5 Å². The number of aromatic nitrogens is 2. The summed E-state index contributed by atoms with van der Waals surface area (Å²) in [6.07, 6.45) is -4.75. The van der Waals surface area contributed by atoms with Gasteiger partial charge in [0.2, 0.25) is 5.91 Å². The topological polar surface area (TPSA) is 97.1 Å². The summed E-state index contributed by atoms with van der Waals surface area (Å²) < 4.78 is 49.5. The number of hydrogen-bond donors (Lipinski definition) is 1. The lowest BCUT2D eigenvalue weighted by Crippen LogP contribution is -2.52. The van der Waals surface area contributed by atoms with Gasteiger partial charge in [0.25, 0.3) is 5.91 Å². The minimum absolute atomic E-state index is 0.0235. The molecule has 2 aromatic carbocycles. The molecule has 0 spiro atoms. The maximum atomic E-state index is 13.8. The molecule has 2 aliphatic rings. The van der Waals surface area contributed by atoms with Crippen LogP contribution in [-0.4, -0.2) is 63.5 Å². The zero-order chi connectivity index (χ0) is 27.2. The van der Waals surface area contributed by atoms with Gasteiger partial charge < -0.3 is 19.5 Å². The molecule has 13 heteroatoms. The molecule has 0 bridgehead atoms. The molecular weight excluding hydrogens is 529 g/mol. The number of fused-ring (bicyclic) bond motifs is 1. The number of aliphatic hydroxyl groups is 1. The highest BCUT2D eigenvalue weighted by Gasteiger charge is 2.42. The lowest BCUT2D eigenvalue weighted by atomic mass is 9.88. The Balaban J connectivity index is 1.58. The fourth-order valence-electron chi connectivity index (χ4n) is 4.39. The summed E-state index contributed by atoms with van der Waals surface area (Å²) in [7, 11) is 1.48. The molecule has 0 radical (unpaired) electrons. The quantitative estimate of drug-likeness (QED) is 0.494. The maximum Gasteiger partial charge on any atom is 0.573 e. The molecule has 1 N–H and O–H groups in total. The van der Waals surface area contributed by atoms with Gasteiger partial charge in [-0.25, -0.2) is 0 Å². The molecular formula is C25H22ClF3N4O5. The number of anilines is 1. The molecule has 3 aromatic rings. The molecule has 0 unspecified atom stereocenters. The van der Waals surface area contributed by atoms with Crippen molar-refractivity contribution in [1.82, 2.24) is 14.5 Å². The first-order chi connectivity index (χ1) is 18.0. The van der Waals surface area contributed by atoms with Gasteiger partial charge in [0.1, 0.15) is 18.0 Å². The first-order valence-electron chi connectivity index (χ1n) is 11.6. The smallest absolute Gasteiger partial charge is 0.425 e. The molecule has 1 aliphatic carbocycles.